The van der Waals surface area contributed by atoms with Gasteiger partial charge in [-0.15, -0.1) is 12.4 Å². The van der Waals surface area contributed by atoms with Crippen LogP contribution in [0.2, 0.25) is 0 Å². The predicted molar refractivity (Wildman–Crippen MR) is 65.4 cm³/mol. The number of hydrogen-bond donors (Lipinski definition) is 1. The molecule has 2 aromatic rings. The van der Waals surface area contributed by atoms with Crippen LogP contribution in [0.3, 0.4) is 0 Å². The summed E-state index contributed by atoms with van der Waals surface area (Å²) >= 11 is 0. The van der Waals surface area contributed by atoms with Crippen LogP contribution in [-0.4, -0.2) is 5.16 Å². The van der Waals surface area contributed by atoms with Crippen molar-refractivity contribution in [3.63, 3.8) is 0 Å². The highest BCUT2D eigenvalue weighted by Crippen LogP contribution is 2.09. The van der Waals surface area contributed by atoms with E-state index in [1.807, 2.05) is 0 Å². The topological polar surface area (TPSA) is 38.1 Å². The summed E-state index contributed by atoms with van der Waals surface area (Å²) in [7, 11) is 0. The van der Waals surface area contributed by atoms with E-state index in [-0.39, 0.29) is 19.0 Å². The summed E-state index contributed by atoms with van der Waals surface area (Å²) in [4.78, 5) is 0. The lowest BCUT2D eigenvalue weighted by molar-refractivity contribution is 0.388. The Balaban J connectivity index is 0.00000162. The molecule has 0 aliphatic heterocycles. The van der Waals surface area contributed by atoms with Gasteiger partial charge in [0.25, 0.3) is 0 Å². The van der Waals surface area contributed by atoms with Gasteiger partial charge in [-0.05, 0) is 25.1 Å². The van der Waals surface area contributed by atoms with Crippen molar-refractivity contribution in [1.82, 2.24) is 10.5 Å². The Bertz CT molecular complexity index is 517. The summed E-state index contributed by atoms with van der Waals surface area (Å²) in [6.07, 6.45) is 0. The van der Waals surface area contributed by atoms with E-state index in [0.717, 1.165) is 23.6 Å². The van der Waals surface area contributed by atoms with Crippen LogP contribution < -0.4 is 5.32 Å². The van der Waals surface area contributed by atoms with Crippen molar-refractivity contribution in [3.05, 3.63) is 52.9 Å². The van der Waals surface area contributed by atoms with Crippen LogP contribution >= 0.6 is 12.4 Å². The molecule has 0 radical (unpaired) electrons. The molecule has 1 aromatic carbocycles. The van der Waals surface area contributed by atoms with Gasteiger partial charge in [-0.2, -0.15) is 0 Å². The standard InChI is InChI=1S/C12H12F2N2O.ClH/c1-8-4-11(16-17-8)7-15-6-9-5-10(13)2-3-12(9)14;/h2-5,15H,6-7H2,1H3;1H. The van der Waals surface area contributed by atoms with Gasteiger partial charge in [-0.1, -0.05) is 5.16 Å². The number of benzene rings is 1. The average molecular weight is 275 g/mol. The molecule has 98 valence electrons. The molecule has 0 unspecified atom stereocenters. The zero-order valence-corrected chi connectivity index (χ0v) is 10.6. The number of aromatic nitrogens is 1. The number of rotatable bonds is 4. The smallest absolute Gasteiger partial charge is 0.133 e. The molecule has 0 saturated heterocycles. The molecule has 1 N–H and O–H groups in total. The summed E-state index contributed by atoms with van der Waals surface area (Å²) in [5, 5.41) is 6.75. The van der Waals surface area contributed by atoms with Gasteiger partial charge in [-0.3, -0.25) is 0 Å². The van der Waals surface area contributed by atoms with E-state index >= 15 is 0 Å². The molecule has 0 aliphatic carbocycles. The van der Waals surface area contributed by atoms with E-state index in [1.165, 1.54) is 6.07 Å². The monoisotopic (exact) mass is 274 g/mol. The van der Waals surface area contributed by atoms with E-state index < -0.39 is 11.6 Å². The Morgan fingerprint density at radius 1 is 1.22 bits per heavy atom. The van der Waals surface area contributed by atoms with Gasteiger partial charge >= 0.3 is 0 Å². The molecule has 0 spiro atoms. The Hall–Kier alpha value is -1.46. The van der Waals surface area contributed by atoms with Crippen LogP contribution in [0.15, 0.2) is 28.8 Å². The lowest BCUT2D eigenvalue weighted by Gasteiger charge is -2.04. The van der Waals surface area contributed by atoms with Crippen molar-refractivity contribution >= 4 is 12.4 Å². The van der Waals surface area contributed by atoms with Crippen LogP contribution in [0.25, 0.3) is 0 Å². The van der Waals surface area contributed by atoms with E-state index in [9.17, 15) is 8.78 Å². The summed E-state index contributed by atoms with van der Waals surface area (Å²) in [5.74, 6) is -0.144. The average Bonchev–Trinajstić information content (AvgIpc) is 2.69. The van der Waals surface area contributed by atoms with Crippen molar-refractivity contribution in [3.8, 4) is 0 Å². The summed E-state index contributed by atoms with van der Waals surface area (Å²) in [5.41, 5.74) is 1.03. The fraction of sp³-hybridized carbons (Fsp3) is 0.250. The molecular weight excluding hydrogens is 262 g/mol. The van der Waals surface area contributed by atoms with E-state index in [1.54, 1.807) is 13.0 Å². The molecule has 3 nitrogen and oxygen atoms in total. The fourth-order valence-electron chi connectivity index (χ4n) is 1.51. The van der Waals surface area contributed by atoms with Gasteiger partial charge in [0.1, 0.15) is 17.4 Å². The van der Waals surface area contributed by atoms with Crippen LogP contribution in [0.4, 0.5) is 8.78 Å². The van der Waals surface area contributed by atoms with Gasteiger partial charge in [0.05, 0.1) is 5.69 Å². The molecule has 0 aliphatic rings. The Morgan fingerprint density at radius 2 is 2.00 bits per heavy atom. The molecule has 0 amide bonds. The molecule has 1 aromatic heterocycles. The molecule has 0 bridgehead atoms. The molecular formula is C12H13ClF2N2O. The zero-order chi connectivity index (χ0) is 12.3. The highest BCUT2D eigenvalue weighted by Gasteiger charge is 2.04. The minimum Gasteiger partial charge on any atom is -0.361 e. The minimum atomic E-state index is -0.444. The van der Waals surface area contributed by atoms with E-state index in [2.05, 4.69) is 10.5 Å². The van der Waals surface area contributed by atoms with Crippen LogP contribution in [-0.2, 0) is 13.1 Å². The van der Waals surface area contributed by atoms with Crippen molar-refractivity contribution in [1.29, 1.82) is 0 Å². The highest BCUT2D eigenvalue weighted by molar-refractivity contribution is 5.85. The zero-order valence-electron chi connectivity index (χ0n) is 9.74. The maximum absolute atomic E-state index is 13.3. The second-order valence-electron chi connectivity index (χ2n) is 3.77. The normalized spacial score (nSPS) is 10.2. The first-order chi connectivity index (χ1) is 8.15. The van der Waals surface area contributed by atoms with Gasteiger partial charge in [0.2, 0.25) is 0 Å². The first kappa shape index (κ1) is 14.6. The van der Waals surface area contributed by atoms with E-state index in [0.29, 0.717) is 12.1 Å². The first-order valence-electron chi connectivity index (χ1n) is 5.22. The van der Waals surface area contributed by atoms with Gasteiger partial charge < -0.3 is 9.84 Å². The lowest BCUT2D eigenvalue weighted by atomic mass is 10.2. The third-order valence-corrected chi connectivity index (χ3v) is 2.31. The number of nitrogens with zero attached hydrogens (tertiary/aromatic N) is 1. The lowest BCUT2D eigenvalue weighted by Crippen LogP contribution is -2.14. The fourth-order valence-corrected chi connectivity index (χ4v) is 1.51. The molecule has 2 rings (SSSR count). The van der Waals surface area contributed by atoms with Crippen molar-refractivity contribution < 1.29 is 13.3 Å². The predicted octanol–water partition coefficient (Wildman–Crippen LogP) is 2.97. The molecule has 6 heteroatoms. The van der Waals surface area contributed by atoms with Crippen molar-refractivity contribution in [2.45, 2.75) is 20.0 Å². The minimum absolute atomic E-state index is 0. The largest absolute Gasteiger partial charge is 0.361 e. The van der Waals surface area contributed by atoms with E-state index in [4.69, 9.17) is 4.52 Å². The Labute approximate surface area is 110 Å². The van der Waals surface area contributed by atoms with Crippen LogP contribution in [0.1, 0.15) is 17.0 Å². The number of halogens is 3. The molecule has 1 heterocycles. The summed E-state index contributed by atoms with van der Waals surface area (Å²) in [6.45, 7) is 2.49. The van der Waals surface area contributed by atoms with Crippen molar-refractivity contribution in [2.24, 2.45) is 0 Å². The van der Waals surface area contributed by atoms with Gasteiger partial charge in [0.15, 0.2) is 0 Å². The Morgan fingerprint density at radius 3 is 2.67 bits per heavy atom. The number of nitrogens with one attached hydrogen (secondary N) is 1. The molecule has 0 saturated carbocycles. The second kappa shape index (κ2) is 6.47. The van der Waals surface area contributed by atoms with Gasteiger partial charge in [-0.25, -0.2) is 8.78 Å². The molecule has 0 atom stereocenters. The Kier molecular flexibility index (Phi) is 5.25. The SMILES string of the molecule is Cc1cc(CNCc2cc(F)ccc2F)no1.Cl. The number of aryl methyl sites for hydroxylation is 1. The highest BCUT2D eigenvalue weighted by atomic mass is 35.5. The maximum atomic E-state index is 13.3. The summed E-state index contributed by atoms with van der Waals surface area (Å²) < 4.78 is 31.0. The maximum Gasteiger partial charge on any atom is 0.133 e. The van der Waals surface area contributed by atoms with Crippen molar-refractivity contribution in [2.75, 3.05) is 0 Å². The summed E-state index contributed by atoms with van der Waals surface area (Å²) in [6, 6.07) is 5.18. The second-order valence-corrected chi connectivity index (χ2v) is 3.77. The van der Waals surface area contributed by atoms with Gasteiger partial charge in [0, 0.05) is 24.7 Å². The third kappa shape index (κ3) is 3.78. The quantitative estimate of drug-likeness (QED) is 0.931. The molecule has 0 fully saturated rings. The number of hydrogen-bond acceptors (Lipinski definition) is 3. The van der Waals surface area contributed by atoms with Crippen LogP contribution in [0.5, 0.6) is 0 Å². The molecule has 18 heavy (non-hydrogen) atoms. The third-order valence-electron chi connectivity index (χ3n) is 2.31. The van der Waals surface area contributed by atoms with Crippen LogP contribution in [0, 0.1) is 18.6 Å². The first-order valence-corrected chi connectivity index (χ1v) is 5.22.